The molecule has 0 saturated carbocycles. The molecule has 2 heterocycles. The van der Waals surface area contributed by atoms with E-state index in [-0.39, 0.29) is 12.1 Å². The molecule has 0 radical (unpaired) electrons. The van der Waals surface area contributed by atoms with Gasteiger partial charge in [0.05, 0.1) is 12.7 Å². The minimum Gasteiger partial charge on any atom is -0.374 e. The number of hydrogen-bond donors (Lipinski definition) is 1. The zero-order valence-electron chi connectivity index (χ0n) is 16.1. The Bertz CT molecular complexity index is 558. The fraction of sp³-hybridized carbons (Fsp3) is 0.650. The van der Waals surface area contributed by atoms with Gasteiger partial charge in [-0.3, -0.25) is 4.90 Å². The van der Waals surface area contributed by atoms with E-state index in [4.69, 9.17) is 4.74 Å². The molecule has 0 bridgehead atoms. The Kier molecular flexibility index (Phi) is 6.74. The van der Waals surface area contributed by atoms with Crippen LogP contribution in [0.15, 0.2) is 30.3 Å². The highest BCUT2D eigenvalue weighted by Crippen LogP contribution is 2.15. The molecule has 144 valence electrons. The number of hydrogen-bond acceptors (Lipinski definition) is 4. The standard InChI is InChI=1S/C20H32N4O2/c1-17(2)15-22-12-13-26-19(16-22)14-21-20(25)24-10-8-23(9-11-24)18-6-4-3-5-7-18/h3-7,17,19H,8-16H2,1-2H3,(H,21,25)/t19-/m0/s1. The Balaban J connectivity index is 1.39. The third-order valence-corrected chi connectivity index (χ3v) is 5.02. The van der Waals surface area contributed by atoms with Gasteiger partial charge >= 0.3 is 6.03 Å². The van der Waals surface area contributed by atoms with Crippen molar-refractivity contribution >= 4 is 11.7 Å². The Hall–Kier alpha value is -1.79. The monoisotopic (exact) mass is 360 g/mol. The summed E-state index contributed by atoms with van der Waals surface area (Å²) >= 11 is 0. The summed E-state index contributed by atoms with van der Waals surface area (Å²) in [5.74, 6) is 0.657. The van der Waals surface area contributed by atoms with Crippen LogP contribution in [0.3, 0.4) is 0 Å². The second-order valence-electron chi connectivity index (χ2n) is 7.64. The first-order valence-corrected chi connectivity index (χ1v) is 9.78. The predicted molar refractivity (Wildman–Crippen MR) is 105 cm³/mol. The van der Waals surface area contributed by atoms with Gasteiger partial charge in [0.25, 0.3) is 0 Å². The van der Waals surface area contributed by atoms with E-state index >= 15 is 0 Å². The molecular formula is C20H32N4O2. The van der Waals surface area contributed by atoms with Crippen LogP contribution in [0.4, 0.5) is 10.5 Å². The summed E-state index contributed by atoms with van der Waals surface area (Å²) in [5, 5.41) is 3.07. The average molecular weight is 361 g/mol. The molecule has 2 amide bonds. The molecular weight excluding hydrogens is 328 g/mol. The molecule has 2 saturated heterocycles. The van der Waals surface area contributed by atoms with Crippen LogP contribution in [-0.4, -0.2) is 80.9 Å². The van der Waals surface area contributed by atoms with Crippen LogP contribution in [0.5, 0.6) is 0 Å². The molecule has 2 aliphatic heterocycles. The maximum atomic E-state index is 12.5. The van der Waals surface area contributed by atoms with E-state index in [2.05, 4.69) is 53.2 Å². The van der Waals surface area contributed by atoms with Gasteiger partial charge in [0.15, 0.2) is 0 Å². The molecule has 1 aromatic rings. The van der Waals surface area contributed by atoms with Crippen LogP contribution in [0, 0.1) is 5.92 Å². The third kappa shape index (κ3) is 5.35. The zero-order valence-corrected chi connectivity index (χ0v) is 16.1. The number of urea groups is 1. The maximum Gasteiger partial charge on any atom is 0.317 e. The van der Waals surface area contributed by atoms with Crippen LogP contribution in [0.1, 0.15) is 13.8 Å². The normalized spacial score (nSPS) is 21.9. The lowest BCUT2D eigenvalue weighted by Gasteiger charge is -2.37. The van der Waals surface area contributed by atoms with Gasteiger partial charge in [-0.1, -0.05) is 32.0 Å². The number of benzene rings is 1. The largest absolute Gasteiger partial charge is 0.374 e. The van der Waals surface area contributed by atoms with Crippen molar-refractivity contribution < 1.29 is 9.53 Å². The first-order chi connectivity index (χ1) is 12.6. The lowest BCUT2D eigenvalue weighted by molar-refractivity contribution is -0.0294. The third-order valence-electron chi connectivity index (χ3n) is 5.02. The number of carbonyl (C=O) groups excluding carboxylic acids is 1. The molecule has 0 aromatic heterocycles. The summed E-state index contributed by atoms with van der Waals surface area (Å²) in [6.07, 6.45) is 0.0945. The molecule has 1 atom stereocenters. The van der Waals surface area contributed by atoms with Gasteiger partial charge in [-0.05, 0) is 18.1 Å². The Morgan fingerprint density at radius 3 is 2.58 bits per heavy atom. The molecule has 0 aliphatic carbocycles. The number of ether oxygens (including phenoxy) is 1. The van der Waals surface area contributed by atoms with Gasteiger partial charge in [0.2, 0.25) is 0 Å². The van der Waals surface area contributed by atoms with Crippen molar-refractivity contribution in [2.75, 3.05) is 63.9 Å². The fourth-order valence-electron chi connectivity index (χ4n) is 3.71. The van der Waals surface area contributed by atoms with Crippen molar-refractivity contribution in [1.82, 2.24) is 15.1 Å². The molecule has 2 aliphatic rings. The van der Waals surface area contributed by atoms with Gasteiger partial charge in [0.1, 0.15) is 0 Å². The second kappa shape index (κ2) is 9.24. The van der Waals surface area contributed by atoms with E-state index in [0.29, 0.717) is 12.5 Å². The van der Waals surface area contributed by atoms with E-state index in [1.54, 1.807) is 0 Å². The number of morpholine rings is 1. The van der Waals surface area contributed by atoms with Crippen molar-refractivity contribution in [2.45, 2.75) is 20.0 Å². The van der Waals surface area contributed by atoms with Crippen LogP contribution in [0.25, 0.3) is 0 Å². The van der Waals surface area contributed by atoms with Crippen LogP contribution in [-0.2, 0) is 4.74 Å². The maximum absolute atomic E-state index is 12.5. The fourth-order valence-corrected chi connectivity index (χ4v) is 3.71. The van der Waals surface area contributed by atoms with E-state index in [0.717, 1.165) is 52.4 Å². The number of amides is 2. The van der Waals surface area contributed by atoms with Gasteiger partial charge in [-0.15, -0.1) is 0 Å². The molecule has 6 heteroatoms. The first-order valence-electron chi connectivity index (χ1n) is 9.78. The summed E-state index contributed by atoms with van der Waals surface area (Å²) in [7, 11) is 0. The highest BCUT2D eigenvalue weighted by molar-refractivity contribution is 5.74. The lowest BCUT2D eigenvalue weighted by atomic mass is 10.2. The minimum atomic E-state index is 0.0299. The highest BCUT2D eigenvalue weighted by atomic mass is 16.5. The Morgan fingerprint density at radius 2 is 1.88 bits per heavy atom. The molecule has 1 aromatic carbocycles. The Morgan fingerprint density at radius 1 is 1.15 bits per heavy atom. The van der Waals surface area contributed by atoms with Crippen LogP contribution in [0.2, 0.25) is 0 Å². The molecule has 0 spiro atoms. The molecule has 2 fully saturated rings. The summed E-state index contributed by atoms with van der Waals surface area (Å²) in [5.41, 5.74) is 1.23. The van der Waals surface area contributed by atoms with E-state index in [1.165, 1.54) is 5.69 Å². The molecule has 0 unspecified atom stereocenters. The Labute approximate surface area is 157 Å². The molecule has 3 rings (SSSR count). The van der Waals surface area contributed by atoms with Crippen molar-refractivity contribution in [2.24, 2.45) is 5.92 Å². The number of rotatable bonds is 5. The van der Waals surface area contributed by atoms with Crippen molar-refractivity contribution in [3.05, 3.63) is 30.3 Å². The van der Waals surface area contributed by atoms with Crippen LogP contribution >= 0.6 is 0 Å². The summed E-state index contributed by atoms with van der Waals surface area (Å²) in [4.78, 5) is 19.1. The average Bonchev–Trinajstić information content (AvgIpc) is 2.67. The van der Waals surface area contributed by atoms with Crippen molar-refractivity contribution in [3.8, 4) is 0 Å². The lowest BCUT2D eigenvalue weighted by Crippen LogP contribution is -2.54. The summed E-state index contributed by atoms with van der Waals surface area (Å²) in [6, 6.07) is 10.4. The smallest absolute Gasteiger partial charge is 0.317 e. The van der Waals surface area contributed by atoms with Gasteiger partial charge < -0.3 is 19.9 Å². The number of para-hydroxylation sites is 1. The van der Waals surface area contributed by atoms with Gasteiger partial charge in [0, 0.05) is 58.0 Å². The van der Waals surface area contributed by atoms with Crippen molar-refractivity contribution in [3.63, 3.8) is 0 Å². The van der Waals surface area contributed by atoms with E-state index in [1.807, 2.05) is 11.0 Å². The predicted octanol–water partition coefficient (Wildman–Crippen LogP) is 1.87. The number of anilines is 1. The number of piperazine rings is 1. The topological polar surface area (TPSA) is 48.1 Å². The quantitative estimate of drug-likeness (QED) is 0.871. The van der Waals surface area contributed by atoms with E-state index < -0.39 is 0 Å². The van der Waals surface area contributed by atoms with Crippen molar-refractivity contribution in [1.29, 1.82) is 0 Å². The highest BCUT2D eigenvalue weighted by Gasteiger charge is 2.24. The molecule has 1 N–H and O–H groups in total. The first kappa shape index (κ1) is 19.0. The zero-order chi connectivity index (χ0) is 18.4. The number of nitrogens with zero attached hydrogens (tertiary/aromatic N) is 3. The second-order valence-corrected chi connectivity index (χ2v) is 7.64. The van der Waals surface area contributed by atoms with Gasteiger partial charge in [-0.25, -0.2) is 4.79 Å². The number of nitrogens with one attached hydrogen (secondary N) is 1. The summed E-state index contributed by atoms with van der Waals surface area (Å²) in [6.45, 7) is 12.1. The summed E-state index contributed by atoms with van der Waals surface area (Å²) < 4.78 is 5.82. The van der Waals surface area contributed by atoms with Gasteiger partial charge in [-0.2, -0.15) is 0 Å². The SMILES string of the molecule is CC(C)CN1CCO[C@@H](CNC(=O)N2CCN(c3ccccc3)CC2)C1. The molecule has 6 nitrogen and oxygen atoms in total. The number of carbonyl (C=O) groups is 1. The minimum absolute atomic E-state index is 0.0299. The van der Waals surface area contributed by atoms with E-state index in [9.17, 15) is 4.79 Å². The van der Waals surface area contributed by atoms with Crippen LogP contribution < -0.4 is 10.2 Å². The molecule has 26 heavy (non-hydrogen) atoms.